The van der Waals surface area contributed by atoms with E-state index in [4.69, 9.17) is 76.2 Å². The van der Waals surface area contributed by atoms with Crippen molar-refractivity contribution in [3.8, 4) is 0 Å². The number of rotatable bonds is 59. The van der Waals surface area contributed by atoms with Gasteiger partial charge in [-0.3, -0.25) is 43.2 Å². The van der Waals surface area contributed by atoms with E-state index in [1.807, 2.05) is 0 Å². The van der Waals surface area contributed by atoms with E-state index in [-0.39, 0.29) is 234 Å². The van der Waals surface area contributed by atoms with Crippen molar-refractivity contribution < 1.29 is 165 Å². The molecule has 2 saturated heterocycles. The number of carboxylic acid groups (broad SMARTS) is 1. The van der Waals surface area contributed by atoms with Crippen LogP contribution < -0.4 is 43.8 Å². The lowest BCUT2D eigenvalue weighted by Gasteiger charge is -2.35. The standard InChI is InChI=1S/C60H109N5O31.3C2H5NO/c66-35-41-31-42(32-45(69)56(41)77)92-28-25-86-16-13-85-21-24-91-40-52(74)64-44(6-2-4-9-62-51(73)39-90-23-20-84-15-18-88-27-30-94-55-34-47(71)58(79)49(37-68)96-55)60(81)65-43(59(80)63-10-12-82-11-7-53(75)76)5-1-3-8-61-50(72)38-89-22-19-83-14-17-87-26-29-93-54-33-46(70)57(78)48(36-67)95-54;3*1-2(3)4/h41-49,54-58,66-71,77-79H,1-40H2,(H,61,72)(H,62,73)(H,63,80)(H,64,74)(H,65,81)(H,75,76);3*1H3,(H2,3,4)/t41-,42-,43+,44+,45-,46-,47-,48-,49-,54-,55-,56+,57-,58-;;;/m1.../s1. The highest BCUT2D eigenvalue weighted by Gasteiger charge is 2.39. The molecule has 1 aliphatic carbocycles. The van der Waals surface area contributed by atoms with Crippen LogP contribution in [0.15, 0.2) is 0 Å². The van der Waals surface area contributed by atoms with Crippen molar-refractivity contribution in [2.24, 2.45) is 23.1 Å². The molecule has 0 aromatic heterocycles. The molecule has 632 valence electrons. The number of hydrogen-bond donors (Lipinski definition) is 18. The average Bonchev–Trinajstić information content (AvgIpc) is 0.867. The molecule has 8 amide bonds. The van der Waals surface area contributed by atoms with Crippen molar-refractivity contribution in [3.05, 3.63) is 0 Å². The molecule has 3 aliphatic rings. The molecule has 21 N–H and O–H groups in total. The van der Waals surface area contributed by atoms with Gasteiger partial charge in [0.15, 0.2) is 12.6 Å². The van der Waals surface area contributed by atoms with E-state index in [2.05, 4.69) is 43.8 Å². The van der Waals surface area contributed by atoms with Gasteiger partial charge < -0.3 is 166 Å². The first-order chi connectivity index (χ1) is 51.6. The molecule has 108 heavy (non-hydrogen) atoms. The van der Waals surface area contributed by atoms with E-state index >= 15 is 0 Å². The lowest BCUT2D eigenvalue weighted by atomic mass is 9.83. The van der Waals surface area contributed by atoms with Crippen molar-refractivity contribution in [2.45, 2.75) is 171 Å². The summed E-state index contributed by atoms with van der Waals surface area (Å²) in [5, 5.41) is 110. The molecule has 0 radical (unpaired) electrons. The Kier molecular flexibility index (Phi) is 63.5. The zero-order valence-corrected chi connectivity index (χ0v) is 62.4. The molecule has 2 heterocycles. The molecule has 0 aromatic rings. The summed E-state index contributed by atoms with van der Waals surface area (Å²) in [5.74, 6) is -5.25. The largest absolute Gasteiger partial charge is 0.481 e. The predicted molar refractivity (Wildman–Crippen MR) is 374 cm³/mol. The van der Waals surface area contributed by atoms with Gasteiger partial charge in [0.2, 0.25) is 47.3 Å². The number of nitrogens with two attached hydrogens (primary N) is 3. The first-order valence-electron chi connectivity index (χ1n) is 35.9. The Morgan fingerprint density at radius 1 is 0.389 bits per heavy atom. The van der Waals surface area contributed by atoms with Gasteiger partial charge in [-0.1, -0.05) is 0 Å². The lowest BCUT2D eigenvalue weighted by molar-refractivity contribution is -0.259. The van der Waals surface area contributed by atoms with Crippen LogP contribution >= 0.6 is 0 Å². The fourth-order valence-electron chi connectivity index (χ4n) is 9.71. The normalized spacial score (nSPS) is 22.2. The Labute approximate surface area is 628 Å². The van der Waals surface area contributed by atoms with Crippen LogP contribution in [0.2, 0.25) is 0 Å². The molecule has 3 rings (SSSR count). The Morgan fingerprint density at radius 3 is 1.13 bits per heavy atom. The minimum absolute atomic E-state index is 0.0121. The monoisotopic (exact) mass is 1570 g/mol. The first-order valence-corrected chi connectivity index (χ1v) is 35.9. The molecule has 3 fully saturated rings. The van der Waals surface area contributed by atoms with Gasteiger partial charge in [-0.15, -0.1) is 0 Å². The van der Waals surface area contributed by atoms with Crippen molar-refractivity contribution in [2.75, 3.05) is 191 Å². The summed E-state index contributed by atoms with van der Waals surface area (Å²) >= 11 is 0. The molecule has 0 spiro atoms. The summed E-state index contributed by atoms with van der Waals surface area (Å²) in [5.41, 5.74) is 13.4. The second-order valence-electron chi connectivity index (χ2n) is 24.5. The Hall–Kier alpha value is -5.73. The van der Waals surface area contributed by atoms with Crippen LogP contribution in [-0.4, -0.2) is 375 Å². The van der Waals surface area contributed by atoms with E-state index < -0.39 is 135 Å². The molecule has 0 bridgehead atoms. The van der Waals surface area contributed by atoms with Gasteiger partial charge in [-0.2, -0.15) is 0 Å². The maximum absolute atomic E-state index is 14.0. The van der Waals surface area contributed by atoms with E-state index in [9.17, 15) is 89.1 Å². The summed E-state index contributed by atoms with van der Waals surface area (Å²) < 4.78 is 82.1. The number of carboxylic acids is 1. The molecule has 0 unspecified atom stereocenters. The van der Waals surface area contributed by atoms with Gasteiger partial charge in [0.1, 0.15) is 56.3 Å². The number of aliphatic carboxylic acids is 1. The topological polar surface area (TPSA) is 633 Å². The number of carbonyl (C=O) groups excluding carboxylic acids is 8. The van der Waals surface area contributed by atoms with Gasteiger partial charge in [0, 0.05) is 72.2 Å². The number of nitrogens with one attached hydrogen (secondary N) is 5. The van der Waals surface area contributed by atoms with Crippen LogP contribution in [0.5, 0.6) is 0 Å². The predicted octanol–water partition coefficient (Wildman–Crippen LogP) is -8.04. The van der Waals surface area contributed by atoms with E-state index in [0.29, 0.717) is 32.1 Å². The molecule has 1 saturated carbocycles. The second-order valence-corrected chi connectivity index (χ2v) is 24.5. The quantitative estimate of drug-likeness (QED) is 0.0252. The number of hydrogen-bond acceptors (Lipinski definition) is 33. The zero-order chi connectivity index (χ0) is 80.7. The highest BCUT2D eigenvalue weighted by atomic mass is 16.7. The van der Waals surface area contributed by atoms with E-state index in [1.54, 1.807) is 0 Å². The number of aliphatic hydroxyl groups is 9. The van der Waals surface area contributed by atoms with Gasteiger partial charge in [0.05, 0.1) is 182 Å². The summed E-state index contributed by atoms with van der Waals surface area (Å²) in [6.45, 7) is 5.30. The molecule has 42 heteroatoms. The number of primary amides is 3. The van der Waals surface area contributed by atoms with Gasteiger partial charge in [-0.25, -0.2) is 0 Å². The molecule has 2 aliphatic heterocycles. The van der Waals surface area contributed by atoms with Gasteiger partial charge in [-0.05, 0) is 44.9 Å². The minimum atomic E-state index is -1.20. The van der Waals surface area contributed by atoms with Crippen LogP contribution in [-0.2, 0) is 114 Å². The van der Waals surface area contributed by atoms with Crippen LogP contribution in [0, 0.1) is 5.92 Å². The Morgan fingerprint density at radius 2 is 0.741 bits per heavy atom. The molecular formula is C66H124N8O34. The molecule has 0 aromatic carbocycles. The van der Waals surface area contributed by atoms with Crippen LogP contribution in [0.25, 0.3) is 0 Å². The third kappa shape index (κ3) is 57.3. The number of unbranched alkanes of at least 4 members (excludes halogenated alkanes) is 2. The average molecular weight is 1570 g/mol. The number of aliphatic hydroxyl groups excluding tert-OH is 9. The first kappa shape index (κ1) is 102. The van der Waals surface area contributed by atoms with Crippen LogP contribution in [0.4, 0.5) is 0 Å². The maximum atomic E-state index is 14.0. The third-order valence-corrected chi connectivity index (χ3v) is 15.0. The van der Waals surface area contributed by atoms with Crippen molar-refractivity contribution in [3.63, 3.8) is 0 Å². The summed E-state index contributed by atoms with van der Waals surface area (Å²) in [7, 11) is 0. The van der Waals surface area contributed by atoms with E-state index in [1.165, 1.54) is 20.8 Å². The highest BCUT2D eigenvalue weighted by Crippen LogP contribution is 2.27. The number of carbonyl (C=O) groups is 9. The Bertz CT molecular complexity index is 2330. The summed E-state index contributed by atoms with van der Waals surface area (Å²) in [6.07, 6.45) is -8.23. The van der Waals surface area contributed by atoms with Crippen LogP contribution in [0.1, 0.15) is 91.4 Å². The summed E-state index contributed by atoms with van der Waals surface area (Å²) in [6, 6.07) is -2.29. The zero-order valence-electron chi connectivity index (χ0n) is 62.4. The number of amides is 8. The third-order valence-electron chi connectivity index (χ3n) is 15.0. The fourth-order valence-corrected chi connectivity index (χ4v) is 9.71. The second kappa shape index (κ2) is 67.0. The number of ether oxygens (including phenoxy) is 15. The molecule has 14 atom stereocenters. The van der Waals surface area contributed by atoms with Crippen LogP contribution in [0.3, 0.4) is 0 Å². The van der Waals surface area contributed by atoms with Crippen molar-refractivity contribution in [1.82, 2.24) is 26.6 Å². The molecule has 42 nitrogen and oxygen atoms in total. The van der Waals surface area contributed by atoms with E-state index in [0.717, 1.165) is 0 Å². The van der Waals surface area contributed by atoms with Gasteiger partial charge >= 0.3 is 5.97 Å². The van der Waals surface area contributed by atoms with Gasteiger partial charge in [0.25, 0.3) is 0 Å². The molecular weight excluding hydrogens is 1450 g/mol. The SMILES string of the molecule is CC(N)=O.CC(N)=O.CC(N)=O.O=C(O)CCOCCNC(=O)[C@H](CCCCNC(=O)COCCOCCOCCO[C@H]1C[C@@H](O)[C@@H](O)[C@@H](CO)O1)NC(=O)[C@H](CCCCNC(=O)COCCOCCOCCO[C@H]1C[C@@H](O)[C@@H](O)[C@@H](CO)O1)NC(=O)COCCOCCOCCO[C@@H]1C[C@H](CO)[C@H](O)[C@H](O)C1. The smallest absolute Gasteiger partial charge is 0.305 e. The highest BCUT2D eigenvalue weighted by molar-refractivity contribution is 5.92. The summed E-state index contributed by atoms with van der Waals surface area (Å²) in [4.78, 5) is 105. The maximum Gasteiger partial charge on any atom is 0.305 e. The Balaban J connectivity index is 0.00000883. The minimum Gasteiger partial charge on any atom is -0.481 e. The lowest BCUT2D eigenvalue weighted by Crippen LogP contribution is -2.54. The van der Waals surface area contributed by atoms with Crippen molar-refractivity contribution in [1.29, 1.82) is 0 Å². The van der Waals surface area contributed by atoms with Crippen molar-refractivity contribution >= 4 is 53.2 Å². The fraction of sp³-hybridized carbons (Fsp3) is 0.864.